The Morgan fingerprint density at radius 3 is 2.05 bits per heavy atom. The number of hydrogen-bond donors (Lipinski definition) is 1. The maximum Gasteiger partial charge on any atom is 0.292 e. The number of nitriles is 1. The van der Waals surface area contributed by atoms with E-state index in [0.717, 1.165) is 16.8 Å². The van der Waals surface area contributed by atoms with E-state index in [0.29, 0.717) is 5.75 Å². The Balaban J connectivity index is 2.11. The molecule has 0 radical (unpaired) electrons. The van der Waals surface area contributed by atoms with E-state index in [1.54, 1.807) is 18.4 Å². The van der Waals surface area contributed by atoms with Gasteiger partial charge in [-0.05, 0) is 35.4 Å². The van der Waals surface area contributed by atoms with Gasteiger partial charge < -0.3 is 10.1 Å². The molecular formula is C17H16N2O2. The lowest BCUT2D eigenvalue weighted by Crippen LogP contribution is -2.17. The topological polar surface area (TPSA) is 62.1 Å². The van der Waals surface area contributed by atoms with Crippen molar-refractivity contribution in [3.05, 3.63) is 48.5 Å². The van der Waals surface area contributed by atoms with Crippen LogP contribution in [0.1, 0.15) is 13.8 Å². The van der Waals surface area contributed by atoms with Gasteiger partial charge in [-0.1, -0.05) is 38.1 Å². The second kappa shape index (κ2) is 6.58. The minimum atomic E-state index is -0.0441. The van der Waals surface area contributed by atoms with Crippen LogP contribution in [0.25, 0.3) is 11.1 Å². The molecule has 0 atom stereocenters. The molecule has 4 heteroatoms. The molecule has 0 unspecified atom stereocenters. The molecule has 0 aliphatic rings. The molecule has 0 aliphatic heterocycles. The van der Waals surface area contributed by atoms with Gasteiger partial charge in [-0.25, -0.2) is 0 Å². The van der Waals surface area contributed by atoms with Crippen LogP contribution in [-0.4, -0.2) is 5.91 Å². The van der Waals surface area contributed by atoms with Crippen LogP contribution >= 0.6 is 0 Å². The minimum Gasteiger partial charge on any atom is -0.388 e. The van der Waals surface area contributed by atoms with E-state index in [1.807, 2.05) is 50.2 Å². The van der Waals surface area contributed by atoms with Crippen LogP contribution < -0.4 is 10.1 Å². The van der Waals surface area contributed by atoms with Gasteiger partial charge in [0.2, 0.25) is 5.91 Å². The Morgan fingerprint density at radius 2 is 1.57 bits per heavy atom. The molecule has 0 aromatic heterocycles. The van der Waals surface area contributed by atoms with Gasteiger partial charge in [0.15, 0.2) is 0 Å². The summed E-state index contributed by atoms with van der Waals surface area (Å²) >= 11 is 0. The second-order valence-electron chi connectivity index (χ2n) is 4.94. The zero-order valence-electron chi connectivity index (χ0n) is 12.0. The Labute approximate surface area is 124 Å². The molecule has 106 valence electrons. The van der Waals surface area contributed by atoms with Crippen molar-refractivity contribution in [1.29, 1.82) is 5.26 Å². The van der Waals surface area contributed by atoms with Crippen LogP contribution in [-0.2, 0) is 4.79 Å². The highest BCUT2D eigenvalue weighted by molar-refractivity contribution is 5.92. The van der Waals surface area contributed by atoms with Crippen molar-refractivity contribution in [2.75, 3.05) is 5.32 Å². The van der Waals surface area contributed by atoms with Crippen molar-refractivity contribution in [1.82, 2.24) is 0 Å². The fourth-order valence-corrected chi connectivity index (χ4v) is 1.80. The highest BCUT2D eigenvalue weighted by atomic mass is 16.5. The van der Waals surface area contributed by atoms with E-state index in [2.05, 4.69) is 5.32 Å². The van der Waals surface area contributed by atoms with Gasteiger partial charge >= 0.3 is 0 Å². The molecule has 0 aliphatic carbocycles. The van der Waals surface area contributed by atoms with Gasteiger partial charge in [-0.3, -0.25) is 4.79 Å². The molecule has 1 N–H and O–H groups in total. The molecule has 2 aromatic rings. The predicted octanol–water partition coefficient (Wildman–Crippen LogP) is 3.81. The Morgan fingerprint density at radius 1 is 1.05 bits per heavy atom. The fraction of sp³-hybridized carbons (Fsp3) is 0.176. The molecule has 1 amide bonds. The van der Waals surface area contributed by atoms with Gasteiger partial charge in [-0.15, -0.1) is 5.26 Å². The average molecular weight is 280 g/mol. The summed E-state index contributed by atoms with van der Waals surface area (Å²) in [6.45, 7) is 3.71. The number of nitrogens with one attached hydrogen (secondary N) is 1. The van der Waals surface area contributed by atoms with E-state index in [1.165, 1.54) is 0 Å². The van der Waals surface area contributed by atoms with Crippen LogP contribution in [0.15, 0.2) is 48.5 Å². The Hall–Kier alpha value is -2.80. The normalized spacial score (nSPS) is 10.0. The number of ether oxygens (including phenoxy) is 1. The molecule has 0 saturated heterocycles. The van der Waals surface area contributed by atoms with Crippen LogP contribution in [0.5, 0.6) is 5.75 Å². The third kappa shape index (κ3) is 3.83. The molecule has 4 nitrogen and oxygen atoms in total. The Kier molecular flexibility index (Phi) is 4.57. The summed E-state index contributed by atoms with van der Waals surface area (Å²) in [5, 5.41) is 11.3. The quantitative estimate of drug-likeness (QED) is 0.866. The van der Waals surface area contributed by atoms with E-state index < -0.39 is 0 Å². The summed E-state index contributed by atoms with van der Waals surface area (Å²) in [4.78, 5) is 11.6. The zero-order chi connectivity index (χ0) is 15.2. The standard InChI is InChI=1S/C17H16N2O2/c1-12(2)17(20)19-15-7-3-13(4-8-15)14-5-9-16(10-6-14)21-11-18/h3-10,12H,1-2H3,(H,19,20). The third-order valence-corrected chi connectivity index (χ3v) is 3.03. The zero-order valence-corrected chi connectivity index (χ0v) is 12.0. The maximum atomic E-state index is 11.6. The molecule has 0 heterocycles. The van der Waals surface area contributed by atoms with E-state index in [-0.39, 0.29) is 11.8 Å². The third-order valence-electron chi connectivity index (χ3n) is 3.03. The summed E-state index contributed by atoms with van der Waals surface area (Å²) < 4.78 is 4.74. The number of carbonyl (C=O) groups is 1. The van der Waals surface area contributed by atoms with Gasteiger partial charge in [0.1, 0.15) is 5.75 Å². The first-order chi connectivity index (χ1) is 10.1. The lowest BCUT2D eigenvalue weighted by molar-refractivity contribution is -0.118. The molecule has 2 rings (SSSR count). The van der Waals surface area contributed by atoms with Crippen molar-refractivity contribution in [2.45, 2.75) is 13.8 Å². The number of carbonyl (C=O) groups excluding carboxylic acids is 1. The molecule has 0 saturated carbocycles. The first kappa shape index (κ1) is 14.6. The van der Waals surface area contributed by atoms with E-state index in [4.69, 9.17) is 10.00 Å². The number of amides is 1. The predicted molar refractivity (Wildman–Crippen MR) is 81.6 cm³/mol. The van der Waals surface area contributed by atoms with Crippen molar-refractivity contribution in [2.24, 2.45) is 5.92 Å². The van der Waals surface area contributed by atoms with Crippen molar-refractivity contribution < 1.29 is 9.53 Å². The van der Waals surface area contributed by atoms with Crippen LogP contribution in [0, 0.1) is 17.4 Å². The smallest absolute Gasteiger partial charge is 0.292 e. The summed E-state index contributed by atoms with van der Waals surface area (Å²) in [6, 6.07) is 14.9. The number of rotatable bonds is 4. The molecule has 21 heavy (non-hydrogen) atoms. The number of hydrogen-bond acceptors (Lipinski definition) is 3. The summed E-state index contributed by atoms with van der Waals surface area (Å²) in [7, 11) is 0. The van der Waals surface area contributed by atoms with Crippen LogP contribution in [0.3, 0.4) is 0 Å². The molecule has 0 spiro atoms. The average Bonchev–Trinajstić information content (AvgIpc) is 2.49. The van der Waals surface area contributed by atoms with Gasteiger partial charge in [0, 0.05) is 11.6 Å². The Bertz CT molecular complexity index is 653. The lowest BCUT2D eigenvalue weighted by atomic mass is 10.1. The summed E-state index contributed by atoms with van der Waals surface area (Å²) in [5.74, 6) is 0.472. The summed E-state index contributed by atoms with van der Waals surface area (Å²) in [6.07, 6.45) is 1.64. The number of benzene rings is 2. The minimum absolute atomic E-state index is 0.000699. The first-order valence-corrected chi connectivity index (χ1v) is 6.67. The highest BCUT2D eigenvalue weighted by Gasteiger charge is 2.07. The van der Waals surface area contributed by atoms with Crippen LogP contribution in [0.2, 0.25) is 0 Å². The first-order valence-electron chi connectivity index (χ1n) is 6.67. The van der Waals surface area contributed by atoms with Crippen molar-refractivity contribution >= 4 is 11.6 Å². The molecule has 0 bridgehead atoms. The molecule has 0 fully saturated rings. The molecule has 2 aromatic carbocycles. The molecular weight excluding hydrogens is 264 g/mol. The van der Waals surface area contributed by atoms with E-state index >= 15 is 0 Å². The van der Waals surface area contributed by atoms with Gasteiger partial charge in [-0.2, -0.15) is 0 Å². The van der Waals surface area contributed by atoms with Gasteiger partial charge in [0.25, 0.3) is 6.26 Å². The summed E-state index contributed by atoms with van der Waals surface area (Å²) in [5.41, 5.74) is 2.82. The number of nitrogens with zero attached hydrogens (tertiary/aromatic N) is 1. The van der Waals surface area contributed by atoms with E-state index in [9.17, 15) is 4.79 Å². The largest absolute Gasteiger partial charge is 0.388 e. The maximum absolute atomic E-state index is 11.6. The fourth-order valence-electron chi connectivity index (χ4n) is 1.80. The SMILES string of the molecule is CC(C)C(=O)Nc1ccc(-c2ccc(OC#N)cc2)cc1. The monoisotopic (exact) mass is 280 g/mol. The highest BCUT2D eigenvalue weighted by Crippen LogP contribution is 2.24. The second-order valence-corrected chi connectivity index (χ2v) is 4.94. The number of anilines is 1. The van der Waals surface area contributed by atoms with Crippen molar-refractivity contribution in [3.63, 3.8) is 0 Å². The lowest BCUT2D eigenvalue weighted by Gasteiger charge is -2.08. The van der Waals surface area contributed by atoms with Gasteiger partial charge in [0.05, 0.1) is 0 Å². The van der Waals surface area contributed by atoms with Crippen LogP contribution in [0.4, 0.5) is 5.69 Å². The van der Waals surface area contributed by atoms with Crippen molar-refractivity contribution in [3.8, 4) is 23.1 Å².